The van der Waals surface area contributed by atoms with Crippen LogP contribution in [-0.2, 0) is 0 Å². The van der Waals surface area contributed by atoms with Gasteiger partial charge in [0.1, 0.15) is 11.9 Å². The van der Waals surface area contributed by atoms with Crippen molar-refractivity contribution in [1.82, 2.24) is 9.88 Å². The number of rotatable bonds is 4. The van der Waals surface area contributed by atoms with Crippen LogP contribution in [0.4, 0.5) is 23.2 Å². The monoisotopic (exact) mass is 389 g/mol. The number of nitrogens with two attached hydrogens (primary N) is 1. The summed E-state index contributed by atoms with van der Waals surface area (Å²) in [7, 11) is 0. The number of nitrogen functional groups attached to an aromatic ring is 1. The first-order valence-corrected chi connectivity index (χ1v) is 8.26. The van der Waals surface area contributed by atoms with Gasteiger partial charge >= 0.3 is 6.18 Å². The number of alkyl halides is 3. The van der Waals surface area contributed by atoms with Crippen LogP contribution in [0.1, 0.15) is 6.42 Å². The summed E-state index contributed by atoms with van der Waals surface area (Å²) in [5.74, 6) is -0.292. The number of likely N-dealkylation sites (tertiary alicyclic amines) is 1. The molecule has 2 N–H and O–H groups in total. The normalized spacial score (nSPS) is 18.3. The molecule has 26 heavy (non-hydrogen) atoms. The third kappa shape index (κ3) is 4.56. The van der Waals surface area contributed by atoms with Crippen molar-refractivity contribution in [2.24, 2.45) is 0 Å². The highest BCUT2D eigenvalue weighted by Crippen LogP contribution is 2.32. The van der Waals surface area contributed by atoms with Gasteiger partial charge in [0.2, 0.25) is 5.88 Å². The molecule has 9 heteroatoms. The number of ether oxygens (including phenoxy) is 1. The van der Waals surface area contributed by atoms with Crippen molar-refractivity contribution in [3.8, 4) is 17.0 Å². The zero-order valence-corrected chi connectivity index (χ0v) is 14.3. The number of anilines is 1. The maximum atomic E-state index is 13.6. The molecule has 1 atom stereocenters. The lowest BCUT2D eigenvalue weighted by atomic mass is 10.1. The van der Waals surface area contributed by atoms with E-state index in [1.807, 2.05) is 0 Å². The molecule has 2 aromatic rings. The van der Waals surface area contributed by atoms with Crippen molar-refractivity contribution in [3.05, 3.63) is 41.3 Å². The van der Waals surface area contributed by atoms with Crippen LogP contribution in [0.25, 0.3) is 11.1 Å². The van der Waals surface area contributed by atoms with Crippen molar-refractivity contribution in [3.63, 3.8) is 0 Å². The molecule has 0 radical (unpaired) electrons. The van der Waals surface area contributed by atoms with E-state index in [9.17, 15) is 17.6 Å². The summed E-state index contributed by atoms with van der Waals surface area (Å²) in [6.45, 7) is -0.430. The molecule has 0 aliphatic carbocycles. The van der Waals surface area contributed by atoms with Gasteiger partial charge in [-0.05, 0) is 24.6 Å². The Hall–Kier alpha value is -2.06. The topological polar surface area (TPSA) is 51.4 Å². The molecule has 1 aliphatic heterocycles. The summed E-state index contributed by atoms with van der Waals surface area (Å²) in [6, 6.07) is 5.78. The molecule has 1 unspecified atom stereocenters. The SMILES string of the molecule is Nc1cc(Cl)c(-c2ccc(OC3CCN(CC(F)(F)F)C3)nc2)cc1F. The second kappa shape index (κ2) is 7.28. The Kier molecular flexibility index (Phi) is 5.24. The lowest BCUT2D eigenvalue weighted by molar-refractivity contribution is -0.144. The number of pyridine rings is 1. The van der Waals surface area contributed by atoms with E-state index in [0.29, 0.717) is 30.0 Å². The molecule has 140 valence electrons. The third-order valence-corrected chi connectivity index (χ3v) is 4.37. The Balaban J connectivity index is 1.65. The van der Waals surface area contributed by atoms with Gasteiger partial charge in [0, 0.05) is 36.5 Å². The van der Waals surface area contributed by atoms with E-state index >= 15 is 0 Å². The Morgan fingerprint density at radius 2 is 2.08 bits per heavy atom. The number of hydrogen-bond acceptors (Lipinski definition) is 4. The standard InChI is InChI=1S/C17H16ClF4N3O/c18-13-6-15(23)14(19)5-12(13)10-1-2-16(24-7-10)26-11-3-4-25(8-11)9-17(20,21)22/h1-2,5-7,11H,3-4,8-9,23H2. The largest absolute Gasteiger partial charge is 0.473 e. The lowest BCUT2D eigenvalue weighted by Crippen LogP contribution is -2.33. The number of hydrogen-bond donors (Lipinski definition) is 1. The predicted molar refractivity (Wildman–Crippen MR) is 90.6 cm³/mol. The first-order chi connectivity index (χ1) is 12.2. The number of halogens is 5. The van der Waals surface area contributed by atoms with Gasteiger partial charge in [-0.15, -0.1) is 0 Å². The molecule has 1 saturated heterocycles. The molecule has 1 aromatic heterocycles. The molecular formula is C17H16ClF4N3O. The zero-order chi connectivity index (χ0) is 18.9. The van der Waals surface area contributed by atoms with Crippen LogP contribution in [0.2, 0.25) is 5.02 Å². The minimum Gasteiger partial charge on any atom is -0.473 e. The first kappa shape index (κ1) is 18.7. The van der Waals surface area contributed by atoms with E-state index in [-0.39, 0.29) is 23.4 Å². The molecule has 1 aliphatic rings. The van der Waals surface area contributed by atoms with Crippen LogP contribution in [0, 0.1) is 5.82 Å². The number of benzene rings is 1. The van der Waals surface area contributed by atoms with Crippen molar-refractivity contribution in [2.45, 2.75) is 18.7 Å². The minimum absolute atomic E-state index is 0.0451. The molecule has 2 heterocycles. The first-order valence-electron chi connectivity index (χ1n) is 7.88. The Morgan fingerprint density at radius 1 is 1.31 bits per heavy atom. The van der Waals surface area contributed by atoms with E-state index < -0.39 is 18.5 Å². The smallest absolute Gasteiger partial charge is 0.401 e. The van der Waals surface area contributed by atoms with Crippen LogP contribution in [0.5, 0.6) is 5.88 Å². The van der Waals surface area contributed by atoms with E-state index in [2.05, 4.69) is 4.98 Å². The van der Waals surface area contributed by atoms with Crippen molar-refractivity contribution < 1.29 is 22.3 Å². The van der Waals surface area contributed by atoms with Crippen LogP contribution in [-0.4, -0.2) is 41.8 Å². The van der Waals surface area contributed by atoms with Crippen LogP contribution < -0.4 is 10.5 Å². The van der Waals surface area contributed by atoms with Gasteiger partial charge in [-0.25, -0.2) is 9.37 Å². The van der Waals surface area contributed by atoms with Crippen molar-refractivity contribution in [1.29, 1.82) is 0 Å². The fourth-order valence-corrected chi connectivity index (χ4v) is 3.14. The second-order valence-electron chi connectivity index (χ2n) is 6.12. The van der Waals surface area contributed by atoms with Gasteiger partial charge in [-0.2, -0.15) is 13.2 Å². The lowest BCUT2D eigenvalue weighted by Gasteiger charge is -2.18. The molecular weight excluding hydrogens is 374 g/mol. The van der Waals surface area contributed by atoms with E-state index in [1.165, 1.54) is 23.2 Å². The highest BCUT2D eigenvalue weighted by molar-refractivity contribution is 6.33. The molecule has 4 nitrogen and oxygen atoms in total. The Labute approximate surface area is 152 Å². The fourth-order valence-electron chi connectivity index (χ4n) is 2.85. The van der Waals surface area contributed by atoms with Gasteiger partial charge in [-0.1, -0.05) is 11.6 Å². The average Bonchev–Trinajstić information content (AvgIpc) is 2.97. The number of nitrogens with zero attached hydrogens (tertiary/aromatic N) is 2. The van der Waals surface area contributed by atoms with Crippen LogP contribution >= 0.6 is 11.6 Å². The highest BCUT2D eigenvalue weighted by Gasteiger charge is 2.35. The van der Waals surface area contributed by atoms with Gasteiger partial charge in [0.05, 0.1) is 17.3 Å². The van der Waals surface area contributed by atoms with Crippen LogP contribution in [0.15, 0.2) is 30.5 Å². The second-order valence-corrected chi connectivity index (χ2v) is 6.52. The number of aromatic nitrogens is 1. The average molecular weight is 390 g/mol. The summed E-state index contributed by atoms with van der Waals surface area (Å²) in [6.07, 6.45) is -2.61. The maximum Gasteiger partial charge on any atom is 0.401 e. The zero-order valence-electron chi connectivity index (χ0n) is 13.6. The van der Waals surface area contributed by atoms with Gasteiger partial charge in [0.25, 0.3) is 0 Å². The fraction of sp³-hybridized carbons (Fsp3) is 0.353. The molecule has 3 rings (SSSR count). The molecule has 0 saturated carbocycles. The quantitative estimate of drug-likeness (QED) is 0.630. The van der Waals surface area contributed by atoms with Crippen LogP contribution in [0.3, 0.4) is 0 Å². The van der Waals surface area contributed by atoms with Gasteiger partial charge < -0.3 is 10.5 Å². The maximum absolute atomic E-state index is 13.6. The Bertz CT molecular complexity index is 783. The van der Waals surface area contributed by atoms with Crippen molar-refractivity contribution in [2.75, 3.05) is 25.4 Å². The molecule has 0 spiro atoms. The Morgan fingerprint density at radius 3 is 2.73 bits per heavy atom. The minimum atomic E-state index is -4.22. The summed E-state index contributed by atoms with van der Waals surface area (Å²) in [4.78, 5) is 5.44. The molecule has 0 amide bonds. The molecule has 0 bridgehead atoms. The van der Waals surface area contributed by atoms with Gasteiger partial charge in [0.15, 0.2) is 0 Å². The van der Waals surface area contributed by atoms with E-state index in [0.717, 1.165) is 0 Å². The van der Waals surface area contributed by atoms with E-state index in [4.69, 9.17) is 22.1 Å². The highest BCUT2D eigenvalue weighted by atomic mass is 35.5. The summed E-state index contributed by atoms with van der Waals surface area (Å²) in [5, 5.41) is 0.290. The van der Waals surface area contributed by atoms with E-state index in [1.54, 1.807) is 12.1 Å². The summed E-state index contributed by atoms with van der Waals surface area (Å²) >= 11 is 6.08. The van der Waals surface area contributed by atoms with Gasteiger partial charge in [-0.3, -0.25) is 4.90 Å². The summed E-state index contributed by atoms with van der Waals surface area (Å²) < 4.78 is 56.5. The van der Waals surface area contributed by atoms with Crippen molar-refractivity contribution >= 4 is 17.3 Å². The molecule has 1 fully saturated rings. The predicted octanol–water partition coefficient (Wildman–Crippen LogP) is 4.14. The third-order valence-electron chi connectivity index (χ3n) is 4.05. The molecule has 1 aromatic carbocycles. The summed E-state index contributed by atoms with van der Waals surface area (Å²) in [5.41, 5.74) is 6.43.